The molecule has 3 rings (SSSR count). The summed E-state index contributed by atoms with van der Waals surface area (Å²) in [5.41, 5.74) is 2.54. The van der Waals surface area contributed by atoms with Crippen molar-refractivity contribution in [2.75, 3.05) is 0 Å². The van der Waals surface area contributed by atoms with E-state index in [0.717, 1.165) is 0 Å². The average Bonchev–Trinajstić information content (AvgIpc) is 2.98. The standard InChI is InChI=1S/C19H20IOSi/c1-22(2,3)19-14-13-18(21-19)20-17-11-9-16(10-12-17)15-7-5-4-6-8-15/h4-14H,1-3H3/q+1. The maximum Gasteiger partial charge on any atom is 0.400 e. The van der Waals surface area contributed by atoms with Crippen molar-refractivity contribution >= 4 is 13.5 Å². The molecule has 112 valence electrons. The molecule has 3 heteroatoms. The van der Waals surface area contributed by atoms with Gasteiger partial charge in [0.2, 0.25) is 0 Å². The van der Waals surface area contributed by atoms with Crippen LogP contribution < -0.4 is 26.6 Å². The third-order valence-electron chi connectivity index (χ3n) is 3.47. The fourth-order valence-corrected chi connectivity index (χ4v) is 5.46. The second-order valence-corrected chi connectivity index (χ2v) is 14.2. The van der Waals surface area contributed by atoms with Gasteiger partial charge in [0.1, 0.15) is 8.07 Å². The van der Waals surface area contributed by atoms with Crippen molar-refractivity contribution in [3.8, 4) is 11.1 Å². The van der Waals surface area contributed by atoms with E-state index >= 15 is 0 Å². The minimum Gasteiger partial charge on any atom is -0.429 e. The zero-order valence-electron chi connectivity index (χ0n) is 13.1. The van der Waals surface area contributed by atoms with Gasteiger partial charge in [0, 0.05) is 6.07 Å². The van der Waals surface area contributed by atoms with Crippen LogP contribution in [0.15, 0.2) is 71.1 Å². The Morgan fingerprint density at radius 2 is 1.36 bits per heavy atom. The Kier molecular flexibility index (Phi) is 4.54. The first kappa shape index (κ1) is 15.6. The molecule has 0 radical (unpaired) electrons. The van der Waals surface area contributed by atoms with Gasteiger partial charge in [0.25, 0.3) is 0 Å². The van der Waals surface area contributed by atoms with Gasteiger partial charge in [-0.3, -0.25) is 0 Å². The lowest BCUT2D eigenvalue weighted by Gasteiger charge is -2.09. The van der Waals surface area contributed by atoms with Gasteiger partial charge in [-0.05, 0) is 41.5 Å². The first-order valence-electron chi connectivity index (χ1n) is 7.43. The van der Waals surface area contributed by atoms with E-state index in [1.807, 2.05) is 0 Å². The lowest BCUT2D eigenvalue weighted by molar-refractivity contribution is -0.617. The molecule has 1 heterocycles. The third kappa shape index (κ3) is 3.70. The van der Waals surface area contributed by atoms with Crippen molar-refractivity contribution < 1.29 is 25.6 Å². The van der Waals surface area contributed by atoms with Crippen molar-refractivity contribution in [1.82, 2.24) is 0 Å². The van der Waals surface area contributed by atoms with E-state index in [-0.39, 0.29) is 21.2 Å². The fraction of sp³-hybridized carbons (Fsp3) is 0.158. The quantitative estimate of drug-likeness (QED) is 0.463. The summed E-state index contributed by atoms with van der Waals surface area (Å²) >= 11 is -0.226. The average molecular weight is 419 g/mol. The van der Waals surface area contributed by atoms with Crippen LogP contribution in [0.3, 0.4) is 0 Å². The van der Waals surface area contributed by atoms with E-state index in [2.05, 4.69) is 86.4 Å². The van der Waals surface area contributed by atoms with Crippen molar-refractivity contribution in [2.24, 2.45) is 0 Å². The van der Waals surface area contributed by atoms with E-state index < -0.39 is 8.07 Å². The van der Waals surface area contributed by atoms with E-state index in [1.165, 1.54) is 23.8 Å². The monoisotopic (exact) mass is 419 g/mol. The molecule has 3 aromatic rings. The Morgan fingerprint density at radius 3 is 1.95 bits per heavy atom. The molecule has 0 amide bonds. The zero-order valence-corrected chi connectivity index (χ0v) is 16.3. The van der Waals surface area contributed by atoms with Gasteiger partial charge in [0.15, 0.2) is 3.57 Å². The molecule has 0 fully saturated rings. The summed E-state index contributed by atoms with van der Waals surface area (Å²) in [6.45, 7) is 6.97. The van der Waals surface area contributed by atoms with Gasteiger partial charge < -0.3 is 4.42 Å². The fourth-order valence-electron chi connectivity index (χ4n) is 2.21. The van der Waals surface area contributed by atoms with Crippen LogP contribution in [-0.4, -0.2) is 8.07 Å². The summed E-state index contributed by atoms with van der Waals surface area (Å²) in [5.74, 6) is 0. The number of benzene rings is 2. The van der Waals surface area contributed by atoms with Crippen LogP contribution in [0.25, 0.3) is 11.1 Å². The van der Waals surface area contributed by atoms with Gasteiger partial charge >= 0.3 is 25.0 Å². The van der Waals surface area contributed by atoms with Crippen molar-refractivity contribution in [3.05, 3.63) is 74.1 Å². The van der Waals surface area contributed by atoms with E-state index in [1.54, 1.807) is 0 Å². The maximum absolute atomic E-state index is 6.08. The highest BCUT2D eigenvalue weighted by Crippen LogP contribution is 2.17. The van der Waals surface area contributed by atoms with Gasteiger partial charge in [-0.15, -0.1) is 0 Å². The molecule has 0 saturated carbocycles. The second kappa shape index (κ2) is 6.42. The summed E-state index contributed by atoms with van der Waals surface area (Å²) in [6, 6.07) is 23.8. The first-order valence-corrected chi connectivity index (χ1v) is 13.1. The summed E-state index contributed by atoms with van der Waals surface area (Å²) in [6.07, 6.45) is 0. The molecule has 0 atom stereocenters. The highest BCUT2D eigenvalue weighted by Gasteiger charge is 2.26. The Labute approximate surface area is 143 Å². The highest BCUT2D eigenvalue weighted by atomic mass is 127. The minimum atomic E-state index is -1.33. The van der Waals surface area contributed by atoms with Crippen LogP contribution >= 0.6 is 0 Å². The van der Waals surface area contributed by atoms with E-state index in [4.69, 9.17) is 4.42 Å². The van der Waals surface area contributed by atoms with E-state index in [0.29, 0.717) is 0 Å². The summed E-state index contributed by atoms with van der Waals surface area (Å²) in [7, 11) is -1.33. The molecule has 0 aliphatic carbocycles. The molecule has 0 aliphatic heterocycles. The topological polar surface area (TPSA) is 13.1 Å². The third-order valence-corrected chi connectivity index (χ3v) is 7.67. The summed E-state index contributed by atoms with van der Waals surface area (Å²) < 4.78 is 8.65. The normalized spacial score (nSPS) is 11.6. The smallest absolute Gasteiger partial charge is 0.400 e. The number of rotatable bonds is 4. The van der Waals surface area contributed by atoms with Crippen LogP contribution in [0.4, 0.5) is 0 Å². The number of hydrogen-bond acceptors (Lipinski definition) is 1. The van der Waals surface area contributed by atoms with Crippen LogP contribution in [0.1, 0.15) is 0 Å². The lowest BCUT2D eigenvalue weighted by atomic mass is 10.1. The van der Waals surface area contributed by atoms with Crippen LogP contribution in [0.5, 0.6) is 0 Å². The highest BCUT2D eigenvalue weighted by molar-refractivity contribution is 6.87. The lowest BCUT2D eigenvalue weighted by Crippen LogP contribution is -3.61. The number of hydrogen-bond donors (Lipinski definition) is 0. The Morgan fingerprint density at radius 1 is 0.727 bits per heavy atom. The van der Waals surface area contributed by atoms with Crippen molar-refractivity contribution in [2.45, 2.75) is 19.6 Å². The molecule has 0 unspecified atom stereocenters. The zero-order chi connectivity index (χ0) is 15.6. The van der Waals surface area contributed by atoms with Crippen LogP contribution in [0, 0.1) is 7.34 Å². The maximum atomic E-state index is 6.08. The largest absolute Gasteiger partial charge is 0.429 e. The predicted octanol–water partition coefficient (Wildman–Crippen LogP) is 1.62. The number of furan rings is 1. The molecule has 0 saturated heterocycles. The SMILES string of the molecule is C[Si](C)(C)c1ccc([I+]c2ccc(-c3ccccc3)cc2)o1. The molecule has 22 heavy (non-hydrogen) atoms. The van der Waals surface area contributed by atoms with Gasteiger partial charge in [-0.2, -0.15) is 0 Å². The Hall–Kier alpha value is -1.33. The molecule has 0 spiro atoms. The van der Waals surface area contributed by atoms with E-state index in [9.17, 15) is 0 Å². The van der Waals surface area contributed by atoms with Crippen molar-refractivity contribution in [1.29, 1.82) is 0 Å². The molecular weight excluding hydrogens is 399 g/mol. The van der Waals surface area contributed by atoms with Crippen molar-refractivity contribution in [3.63, 3.8) is 0 Å². The van der Waals surface area contributed by atoms with Gasteiger partial charge in [-0.1, -0.05) is 50.0 Å². The van der Waals surface area contributed by atoms with Crippen LogP contribution in [-0.2, 0) is 0 Å². The van der Waals surface area contributed by atoms with Gasteiger partial charge in [0.05, 0.1) is 5.38 Å². The molecule has 0 bridgehead atoms. The molecule has 1 aromatic heterocycles. The Balaban J connectivity index is 1.75. The molecule has 2 aromatic carbocycles. The second-order valence-electron chi connectivity index (χ2n) is 6.32. The molecule has 1 nitrogen and oxygen atoms in total. The summed E-state index contributed by atoms with van der Waals surface area (Å²) in [5, 5.41) is 1.21. The first-order chi connectivity index (χ1) is 10.5. The minimum absolute atomic E-state index is 0.226. The molecular formula is C19H20IOSi+. The van der Waals surface area contributed by atoms with Gasteiger partial charge in [-0.25, -0.2) is 0 Å². The van der Waals surface area contributed by atoms with Crippen LogP contribution in [0.2, 0.25) is 19.6 Å². The molecule has 0 N–H and O–H groups in total. The number of halogens is 1. The molecule has 0 aliphatic rings. The predicted molar refractivity (Wildman–Crippen MR) is 91.0 cm³/mol. The summed E-state index contributed by atoms with van der Waals surface area (Å²) in [4.78, 5) is 0. The Bertz CT molecular complexity index is 739.